The molecule has 0 aliphatic rings. The van der Waals surface area contributed by atoms with Gasteiger partial charge in [-0.15, -0.1) is 11.8 Å². The molecule has 0 bridgehead atoms. The molecule has 0 aliphatic heterocycles. The second-order valence-corrected chi connectivity index (χ2v) is 6.57. The molecule has 0 saturated heterocycles. The SMILES string of the molecule is CC(CNc1ccccc1)Sc1cc(Cl)ccc1Cl. The van der Waals surface area contributed by atoms with Crippen molar-refractivity contribution in [1.82, 2.24) is 0 Å². The quantitative estimate of drug-likeness (QED) is 0.723. The Morgan fingerprint density at radius 1 is 1.11 bits per heavy atom. The van der Waals surface area contributed by atoms with Crippen molar-refractivity contribution in [3.63, 3.8) is 0 Å². The van der Waals surface area contributed by atoms with Crippen molar-refractivity contribution in [1.29, 1.82) is 0 Å². The average Bonchev–Trinajstić information content (AvgIpc) is 2.42. The smallest absolute Gasteiger partial charge is 0.0543 e. The second-order valence-electron chi connectivity index (χ2n) is 4.25. The van der Waals surface area contributed by atoms with E-state index in [1.54, 1.807) is 17.8 Å². The van der Waals surface area contributed by atoms with Crippen LogP contribution in [0.3, 0.4) is 0 Å². The van der Waals surface area contributed by atoms with E-state index in [1.807, 2.05) is 30.3 Å². The van der Waals surface area contributed by atoms with Gasteiger partial charge in [0.05, 0.1) is 5.02 Å². The lowest BCUT2D eigenvalue weighted by Crippen LogP contribution is -2.12. The van der Waals surface area contributed by atoms with Gasteiger partial charge in [-0.05, 0) is 30.3 Å². The molecule has 0 spiro atoms. The highest BCUT2D eigenvalue weighted by Crippen LogP contribution is 2.32. The Kier molecular flexibility index (Phi) is 5.44. The fraction of sp³-hybridized carbons (Fsp3) is 0.200. The van der Waals surface area contributed by atoms with Crippen molar-refractivity contribution >= 4 is 40.7 Å². The molecule has 0 heterocycles. The molecule has 100 valence electrons. The number of para-hydroxylation sites is 1. The highest BCUT2D eigenvalue weighted by atomic mass is 35.5. The van der Waals surface area contributed by atoms with E-state index in [9.17, 15) is 0 Å². The van der Waals surface area contributed by atoms with E-state index in [2.05, 4.69) is 24.4 Å². The Balaban J connectivity index is 1.90. The van der Waals surface area contributed by atoms with E-state index >= 15 is 0 Å². The summed E-state index contributed by atoms with van der Waals surface area (Å²) in [6.45, 7) is 3.04. The van der Waals surface area contributed by atoms with Gasteiger partial charge in [0, 0.05) is 27.4 Å². The predicted molar refractivity (Wildman–Crippen MR) is 86.7 cm³/mol. The van der Waals surface area contributed by atoms with Crippen molar-refractivity contribution in [3.8, 4) is 0 Å². The second kappa shape index (κ2) is 7.09. The predicted octanol–water partition coefficient (Wildman–Crippen LogP) is 5.59. The number of benzene rings is 2. The number of thioether (sulfide) groups is 1. The lowest BCUT2D eigenvalue weighted by molar-refractivity contribution is 0.999. The first kappa shape index (κ1) is 14.6. The molecule has 1 unspecified atom stereocenters. The molecule has 0 radical (unpaired) electrons. The van der Waals surface area contributed by atoms with Crippen LogP contribution in [-0.2, 0) is 0 Å². The van der Waals surface area contributed by atoms with Gasteiger partial charge in [0.25, 0.3) is 0 Å². The monoisotopic (exact) mass is 311 g/mol. The van der Waals surface area contributed by atoms with Gasteiger partial charge in [-0.3, -0.25) is 0 Å². The first-order valence-electron chi connectivity index (χ1n) is 6.06. The maximum absolute atomic E-state index is 6.16. The van der Waals surface area contributed by atoms with Crippen LogP contribution in [-0.4, -0.2) is 11.8 Å². The average molecular weight is 312 g/mol. The van der Waals surface area contributed by atoms with Crippen molar-refractivity contribution < 1.29 is 0 Å². The molecule has 2 aromatic carbocycles. The summed E-state index contributed by atoms with van der Waals surface area (Å²) in [7, 11) is 0. The minimum atomic E-state index is 0.399. The van der Waals surface area contributed by atoms with E-state index in [1.165, 1.54) is 0 Å². The molecule has 0 aliphatic carbocycles. The molecule has 1 nitrogen and oxygen atoms in total. The Morgan fingerprint density at radius 3 is 2.58 bits per heavy atom. The first-order valence-corrected chi connectivity index (χ1v) is 7.69. The third-order valence-electron chi connectivity index (χ3n) is 2.59. The van der Waals surface area contributed by atoms with Crippen molar-refractivity contribution in [2.75, 3.05) is 11.9 Å². The molecule has 0 saturated carbocycles. The van der Waals surface area contributed by atoms with Gasteiger partial charge < -0.3 is 5.32 Å². The number of rotatable bonds is 5. The number of anilines is 1. The van der Waals surface area contributed by atoms with E-state index in [0.29, 0.717) is 5.25 Å². The van der Waals surface area contributed by atoms with Crippen LogP contribution in [0.5, 0.6) is 0 Å². The molecule has 4 heteroatoms. The summed E-state index contributed by atoms with van der Waals surface area (Å²) >= 11 is 13.9. The summed E-state index contributed by atoms with van der Waals surface area (Å²) in [5, 5.41) is 5.27. The summed E-state index contributed by atoms with van der Waals surface area (Å²) in [4.78, 5) is 1.02. The topological polar surface area (TPSA) is 12.0 Å². The molecule has 0 aromatic heterocycles. The van der Waals surface area contributed by atoms with E-state index in [0.717, 1.165) is 27.2 Å². The zero-order valence-electron chi connectivity index (χ0n) is 10.6. The molecule has 1 N–H and O–H groups in total. The van der Waals surface area contributed by atoms with E-state index < -0.39 is 0 Å². The van der Waals surface area contributed by atoms with Crippen LogP contribution in [0.2, 0.25) is 10.0 Å². The lowest BCUT2D eigenvalue weighted by Gasteiger charge is -2.14. The Bertz CT molecular complexity index is 531. The third-order valence-corrected chi connectivity index (χ3v) is 4.43. The van der Waals surface area contributed by atoms with Crippen LogP contribution in [0.25, 0.3) is 0 Å². The van der Waals surface area contributed by atoms with Crippen LogP contribution in [0.15, 0.2) is 53.4 Å². The molecule has 19 heavy (non-hydrogen) atoms. The van der Waals surface area contributed by atoms with Crippen molar-refractivity contribution in [2.45, 2.75) is 17.1 Å². The van der Waals surface area contributed by atoms with Gasteiger partial charge in [0.15, 0.2) is 0 Å². The number of halogens is 2. The zero-order chi connectivity index (χ0) is 13.7. The zero-order valence-corrected chi connectivity index (χ0v) is 12.9. The van der Waals surface area contributed by atoms with Crippen LogP contribution in [0.4, 0.5) is 5.69 Å². The largest absolute Gasteiger partial charge is 0.384 e. The normalized spacial score (nSPS) is 12.2. The molecule has 1 atom stereocenters. The van der Waals surface area contributed by atoms with Crippen molar-refractivity contribution in [3.05, 3.63) is 58.6 Å². The van der Waals surface area contributed by atoms with Crippen LogP contribution < -0.4 is 5.32 Å². The molecule has 2 aromatic rings. The molecular weight excluding hydrogens is 297 g/mol. The van der Waals surface area contributed by atoms with Crippen LogP contribution >= 0.6 is 35.0 Å². The van der Waals surface area contributed by atoms with Crippen LogP contribution in [0.1, 0.15) is 6.92 Å². The third kappa shape index (κ3) is 4.64. The minimum Gasteiger partial charge on any atom is -0.384 e. The maximum Gasteiger partial charge on any atom is 0.0543 e. The van der Waals surface area contributed by atoms with Gasteiger partial charge in [0.1, 0.15) is 0 Å². The van der Waals surface area contributed by atoms with E-state index in [-0.39, 0.29) is 0 Å². The summed E-state index contributed by atoms with van der Waals surface area (Å²) in [6, 6.07) is 15.7. The Labute approximate surface area is 128 Å². The summed E-state index contributed by atoms with van der Waals surface area (Å²) in [5.41, 5.74) is 1.13. The molecule has 0 fully saturated rings. The Morgan fingerprint density at radius 2 is 1.84 bits per heavy atom. The van der Waals surface area contributed by atoms with E-state index in [4.69, 9.17) is 23.2 Å². The van der Waals surface area contributed by atoms with Gasteiger partial charge in [-0.2, -0.15) is 0 Å². The first-order chi connectivity index (χ1) is 9.15. The fourth-order valence-electron chi connectivity index (χ4n) is 1.64. The van der Waals surface area contributed by atoms with Gasteiger partial charge in [-0.1, -0.05) is 48.3 Å². The van der Waals surface area contributed by atoms with Gasteiger partial charge in [0.2, 0.25) is 0 Å². The summed E-state index contributed by atoms with van der Waals surface area (Å²) in [5.74, 6) is 0. The van der Waals surface area contributed by atoms with Gasteiger partial charge >= 0.3 is 0 Å². The van der Waals surface area contributed by atoms with Crippen molar-refractivity contribution in [2.24, 2.45) is 0 Å². The minimum absolute atomic E-state index is 0.399. The summed E-state index contributed by atoms with van der Waals surface area (Å²) < 4.78 is 0. The molecule has 0 amide bonds. The number of hydrogen-bond donors (Lipinski definition) is 1. The Hall–Kier alpha value is -0.830. The standard InChI is InChI=1S/C15H15Cl2NS/c1-11(10-18-13-5-3-2-4-6-13)19-15-9-12(16)7-8-14(15)17/h2-9,11,18H,10H2,1H3. The molecule has 2 rings (SSSR count). The van der Waals surface area contributed by atoms with Crippen LogP contribution in [0, 0.1) is 0 Å². The van der Waals surface area contributed by atoms with Gasteiger partial charge in [-0.25, -0.2) is 0 Å². The number of hydrogen-bond acceptors (Lipinski definition) is 2. The number of nitrogens with one attached hydrogen (secondary N) is 1. The lowest BCUT2D eigenvalue weighted by atomic mass is 10.3. The summed E-state index contributed by atoms with van der Waals surface area (Å²) in [6.07, 6.45) is 0. The highest BCUT2D eigenvalue weighted by molar-refractivity contribution is 8.00. The highest BCUT2D eigenvalue weighted by Gasteiger charge is 2.08. The maximum atomic E-state index is 6.16. The molecular formula is C15H15Cl2NS. The fourth-order valence-corrected chi connectivity index (χ4v) is 3.11.